The molecule has 0 aromatic heterocycles. The zero-order chi connectivity index (χ0) is 9.49. The van der Waals surface area contributed by atoms with Gasteiger partial charge >= 0.3 is 66.9 Å². The van der Waals surface area contributed by atoms with Crippen LogP contribution in [0.25, 0.3) is 0 Å². The van der Waals surface area contributed by atoms with Crippen LogP contribution in [0.5, 0.6) is 0 Å². The molecule has 6 N–H and O–H groups in total. The Bertz CT molecular complexity index is 123. The summed E-state index contributed by atoms with van der Waals surface area (Å²) in [4.78, 5) is 21.6. The summed E-state index contributed by atoms with van der Waals surface area (Å²) in [6.07, 6.45) is -0.954. The van der Waals surface area contributed by atoms with Crippen molar-refractivity contribution in [3.8, 4) is 0 Å². The minimum Gasteiger partial charge on any atom is -1.00 e. The van der Waals surface area contributed by atoms with Gasteiger partial charge in [-0.05, 0) is 0 Å². The second kappa shape index (κ2) is 14.0. The molecule has 0 fully saturated rings. The van der Waals surface area contributed by atoms with E-state index in [1.54, 1.807) is 0 Å². The Morgan fingerprint density at radius 2 is 1.23 bits per heavy atom. The third kappa shape index (κ3) is 56.1. The number of phosphoric acid groups is 1. The molecule has 0 amide bonds. The van der Waals surface area contributed by atoms with Gasteiger partial charge in [0.15, 0.2) is 0 Å². The fraction of sp³-hybridized carbons (Fsp3) is 1.00. The molecule has 10 heteroatoms. The molecule has 0 saturated heterocycles. The van der Waals surface area contributed by atoms with Crippen LogP contribution in [0.4, 0.5) is 0 Å². The minimum absolute atomic E-state index is 0. The van der Waals surface area contributed by atoms with E-state index < -0.39 is 13.9 Å². The van der Waals surface area contributed by atoms with E-state index >= 15 is 0 Å². The predicted molar refractivity (Wildman–Crippen MR) is 36.7 cm³/mol. The second-order valence-electron chi connectivity index (χ2n) is 1.53. The molecule has 0 unspecified atom stereocenters. The van der Waals surface area contributed by atoms with Crippen LogP contribution < -0.4 is 59.1 Å². The van der Waals surface area contributed by atoms with Crippen LogP contribution in [0.3, 0.4) is 0 Å². The number of aliphatic hydroxyl groups is 3. The van der Waals surface area contributed by atoms with Crippen LogP contribution in [0, 0.1) is 0 Å². The van der Waals surface area contributed by atoms with Crippen molar-refractivity contribution in [3.05, 3.63) is 0 Å². The largest absolute Gasteiger partial charge is 1.00 e. The fourth-order valence-electron chi connectivity index (χ4n) is 0.0577. The molecule has 0 aromatic rings. The van der Waals surface area contributed by atoms with Gasteiger partial charge < -0.3 is 32.9 Å². The summed E-state index contributed by atoms with van der Waals surface area (Å²) >= 11 is 0. The van der Waals surface area contributed by atoms with Crippen molar-refractivity contribution in [1.29, 1.82) is 0 Å². The summed E-state index contributed by atoms with van der Waals surface area (Å²) in [5.74, 6) is 0. The first kappa shape index (κ1) is 24.3. The fourth-order valence-corrected chi connectivity index (χ4v) is 0.0577. The minimum atomic E-state index is -4.64. The van der Waals surface area contributed by atoms with Crippen molar-refractivity contribution >= 4 is 7.82 Å². The second-order valence-corrected chi connectivity index (χ2v) is 2.56. The Kier molecular flexibility index (Phi) is 26.1. The molecule has 0 spiro atoms. The van der Waals surface area contributed by atoms with Gasteiger partial charge in [0.2, 0.25) is 0 Å². The Morgan fingerprint density at radius 1 is 1.08 bits per heavy atom. The van der Waals surface area contributed by atoms with Crippen molar-refractivity contribution in [2.45, 2.75) is 6.10 Å². The molecule has 7 nitrogen and oxygen atoms in total. The maximum Gasteiger partial charge on any atom is 1.00 e. The van der Waals surface area contributed by atoms with Gasteiger partial charge in [-0.3, -0.25) is 0 Å². The van der Waals surface area contributed by atoms with Gasteiger partial charge in [0.05, 0.1) is 13.2 Å². The number of rotatable bonds is 2. The zero-order valence-corrected chi connectivity index (χ0v) is 12.4. The topological polar surface area (TPSA) is 138 Å². The number of hydrogen-bond donors (Lipinski definition) is 6. The first-order chi connectivity index (χ1) is 4.81. The monoisotopic (exact) mass is 238 g/mol. The maximum atomic E-state index is 8.88. The Balaban J connectivity index is -0.0000000215. The first-order valence-corrected chi connectivity index (χ1v) is 4.05. The summed E-state index contributed by atoms with van der Waals surface area (Å²) in [6.45, 7) is -0.729. The van der Waals surface area contributed by atoms with Crippen LogP contribution in [0.2, 0.25) is 0 Å². The Morgan fingerprint density at radius 3 is 1.23 bits per heavy atom. The smallest absolute Gasteiger partial charge is 1.00 e. The standard InChI is InChI=1S/C3H8O3.2Na.H3O4P.2H/c4-1-3(6)2-5;;;1-5(2,3)4;;/h3-6H,1-2H2;;;(H3,1,2,3,4);;/q;2*+1;;2*-1. The van der Waals surface area contributed by atoms with E-state index in [4.69, 9.17) is 34.6 Å². The molecule has 0 aliphatic carbocycles. The average Bonchev–Trinajstić information content (AvgIpc) is 1.83. The molecule has 0 rings (SSSR count). The van der Waals surface area contributed by atoms with E-state index in [0.717, 1.165) is 0 Å². The molecular weight excluding hydrogens is 225 g/mol. The average molecular weight is 238 g/mol. The van der Waals surface area contributed by atoms with Gasteiger partial charge in [-0.1, -0.05) is 0 Å². The van der Waals surface area contributed by atoms with Gasteiger partial charge in [-0.2, -0.15) is 0 Å². The van der Waals surface area contributed by atoms with Gasteiger partial charge in [-0.15, -0.1) is 0 Å². The van der Waals surface area contributed by atoms with Gasteiger partial charge in [0.25, 0.3) is 0 Å². The summed E-state index contributed by atoms with van der Waals surface area (Å²) < 4.78 is 8.88. The Hall–Kier alpha value is 1.99. The predicted octanol–water partition coefficient (Wildman–Crippen LogP) is -8.36. The summed E-state index contributed by atoms with van der Waals surface area (Å²) in [5.41, 5.74) is 0. The van der Waals surface area contributed by atoms with Crippen LogP contribution >= 0.6 is 7.82 Å². The van der Waals surface area contributed by atoms with Crippen LogP contribution in [-0.4, -0.2) is 49.3 Å². The van der Waals surface area contributed by atoms with Crippen molar-refractivity contribution in [3.63, 3.8) is 0 Å². The van der Waals surface area contributed by atoms with Crippen LogP contribution in [0.1, 0.15) is 2.85 Å². The molecule has 13 heavy (non-hydrogen) atoms. The molecule has 0 heterocycles. The van der Waals surface area contributed by atoms with Crippen molar-refractivity contribution in [2.24, 2.45) is 0 Å². The van der Waals surface area contributed by atoms with Crippen molar-refractivity contribution in [1.82, 2.24) is 0 Å². The third-order valence-corrected chi connectivity index (χ3v) is 0.421. The van der Waals surface area contributed by atoms with E-state index in [0.29, 0.717) is 0 Å². The summed E-state index contributed by atoms with van der Waals surface area (Å²) in [6, 6.07) is 0. The van der Waals surface area contributed by atoms with Gasteiger partial charge in [0, 0.05) is 0 Å². The van der Waals surface area contributed by atoms with E-state index in [1.165, 1.54) is 0 Å². The normalized spacial score (nSPS) is 9.15. The van der Waals surface area contributed by atoms with E-state index in [-0.39, 0.29) is 75.2 Å². The van der Waals surface area contributed by atoms with E-state index in [1.807, 2.05) is 0 Å². The van der Waals surface area contributed by atoms with E-state index in [2.05, 4.69) is 0 Å². The number of hydrogen-bond acceptors (Lipinski definition) is 4. The molecule has 0 radical (unpaired) electrons. The molecule has 0 aliphatic heterocycles. The third-order valence-electron chi connectivity index (χ3n) is 0.421. The maximum absolute atomic E-state index is 8.88. The molecule has 0 atom stereocenters. The summed E-state index contributed by atoms with van der Waals surface area (Å²) in [7, 11) is -4.64. The van der Waals surface area contributed by atoms with Gasteiger partial charge in [0.1, 0.15) is 6.10 Å². The molecule has 74 valence electrons. The quantitative estimate of drug-likeness (QED) is 0.207. The van der Waals surface area contributed by atoms with E-state index in [9.17, 15) is 0 Å². The molecule has 0 aromatic carbocycles. The van der Waals surface area contributed by atoms with Crippen LogP contribution in [0.15, 0.2) is 0 Å². The van der Waals surface area contributed by atoms with Gasteiger partial charge in [-0.25, -0.2) is 4.57 Å². The number of aliphatic hydroxyl groups excluding tert-OH is 3. The molecule has 0 saturated carbocycles. The molecular formula is C3H13Na2O7P. The molecule has 0 aliphatic rings. The zero-order valence-electron chi connectivity index (χ0n) is 9.53. The van der Waals surface area contributed by atoms with Crippen molar-refractivity contribution < 1.29 is 96.5 Å². The van der Waals surface area contributed by atoms with Crippen molar-refractivity contribution in [2.75, 3.05) is 13.2 Å². The SMILES string of the molecule is O=P(O)(O)O.OCC(O)CO.[H-].[H-].[Na+].[Na+]. The first-order valence-electron chi connectivity index (χ1n) is 2.49. The van der Waals surface area contributed by atoms with Crippen LogP contribution in [-0.2, 0) is 4.57 Å². The summed E-state index contributed by atoms with van der Waals surface area (Å²) in [5, 5.41) is 24.0. The Labute approximate surface area is 123 Å². The molecule has 0 bridgehead atoms.